The molecular formula is C11H17NOS. The van der Waals surface area contributed by atoms with E-state index in [-0.39, 0.29) is 0 Å². The summed E-state index contributed by atoms with van der Waals surface area (Å²) >= 11 is 1.72. The molecule has 0 heterocycles. The smallest absolute Gasteiger partial charge is 0.118 e. The number of phenolic OH excluding ortho intramolecular Hbond substituents is 1. The van der Waals surface area contributed by atoms with Gasteiger partial charge in [-0.25, -0.2) is 0 Å². The fraction of sp³-hybridized carbons (Fsp3) is 0.455. The molecule has 0 saturated carbocycles. The van der Waals surface area contributed by atoms with Gasteiger partial charge in [0.15, 0.2) is 0 Å². The van der Waals surface area contributed by atoms with Crippen LogP contribution >= 0.6 is 11.8 Å². The van der Waals surface area contributed by atoms with Crippen molar-refractivity contribution >= 4 is 11.8 Å². The molecule has 0 aliphatic carbocycles. The maximum absolute atomic E-state index is 9.58. The minimum absolute atomic E-state index is 0.384. The van der Waals surface area contributed by atoms with Crippen molar-refractivity contribution in [2.24, 2.45) is 5.73 Å². The largest absolute Gasteiger partial charge is 0.508 e. The second-order valence-electron chi connectivity index (χ2n) is 3.34. The number of hydrogen-bond acceptors (Lipinski definition) is 3. The number of rotatable bonds is 4. The Morgan fingerprint density at radius 1 is 1.43 bits per heavy atom. The summed E-state index contributed by atoms with van der Waals surface area (Å²) in [6, 6.07) is 3.89. The first kappa shape index (κ1) is 11.4. The van der Waals surface area contributed by atoms with Crippen molar-refractivity contribution in [2.75, 3.05) is 12.8 Å². The number of thioether (sulfide) groups is 1. The molecule has 0 aromatic heterocycles. The molecule has 3 heteroatoms. The van der Waals surface area contributed by atoms with Gasteiger partial charge in [-0.3, -0.25) is 0 Å². The highest BCUT2D eigenvalue weighted by molar-refractivity contribution is 7.98. The van der Waals surface area contributed by atoms with E-state index in [1.54, 1.807) is 11.8 Å². The Hall–Kier alpha value is -0.670. The summed E-state index contributed by atoms with van der Waals surface area (Å²) in [5.41, 5.74) is 7.60. The number of hydrogen-bond donors (Lipinski definition) is 2. The van der Waals surface area contributed by atoms with Gasteiger partial charge < -0.3 is 10.8 Å². The van der Waals surface area contributed by atoms with Gasteiger partial charge >= 0.3 is 0 Å². The van der Waals surface area contributed by atoms with Crippen LogP contribution in [-0.2, 0) is 6.42 Å². The quantitative estimate of drug-likeness (QED) is 0.751. The van der Waals surface area contributed by atoms with Crippen molar-refractivity contribution in [3.8, 4) is 5.75 Å². The minimum atomic E-state index is 0.384. The average molecular weight is 211 g/mol. The molecule has 0 atom stereocenters. The van der Waals surface area contributed by atoms with E-state index in [9.17, 15) is 5.11 Å². The number of benzene rings is 1. The predicted molar refractivity (Wildman–Crippen MR) is 62.0 cm³/mol. The first-order valence-electron chi connectivity index (χ1n) is 4.75. The molecule has 0 radical (unpaired) electrons. The molecule has 0 bridgehead atoms. The van der Waals surface area contributed by atoms with Gasteiger partial charge in [0.2, 0.25) is 0 Å². The van der Waals surface area contributed by atoms with Crippen LogP contribution in [0.5, 0.6) is 5.75 Å². The standard InChI is InChI=1S/C11H17NOS/c1-8-6-11(14-2)9(4-3-5-12)7-10(8)13/h6-7,13H,3-5,12H2,1-2H3. The Balaban J connectivity index is 2.95. The Kier molecular flexibility index (Phi) is 4.29. The molecule has 0 amide bonds. The molecule has 1 aromatic rings. The van der Waals surface area contributed by atoms with Crippen molar-refractivity contribution in [3.63, 3.8) is 0 Å². The summed E-state index contributed by atoms with van der Waals surface area (Å²) in [5, 5.41) is 9.58. The van der Waals surface area contributed by atoms with Gasteiger partial charge in [0.25, 0.3) is 0 Å². The van der Waals surface area contributed by atoms with Gasteiger partial charge in [0.1, 0.15) is 5.75 Å². The summed E-state index contributed by atoms with van der Waals surface area (Å²) in [6.07, 6.45) is 3.97. The highest BCUT2D eigenvalue weighted by atomic mass is 32.2. The zero-order valence-corrected chi connectivity index (χ0v) is 9.53. The third kappa shape index (κ3) is 2.66. The van der Waals surface area contributed by atoms with Crippen molar-refractivity contribution in [3.05, 3.63) is 23.3 Å². The molecule has 78 valence electrons. The first-order valence-corrected chi connectivity index (χ1v) is 5.98. The SMILES string of the molecule is CSc1cc(C)c(O)cc1CCCN. The molecule has 14 heavy (non-hydrogen) atoms. The van der Waals surface area contributed by atoms with E-state index in [4.69, 9.17) is 5.73 Å². The monoisotopic (exact) mass is 211 g/mol. The fourth-order valence-corrected chi connectivity index (χ4v) is 2.11. The Bertz CT molecular complexity index is 312. The summed E-state index contributed by atoms with van der Waals surface area (Å²) in [5.74, 6) is 0.384. The molecule has 2 nitrogen and oxygen atoms in total. The highest BCUT2D eigenvalue weighted by Crippen LogP contribution is 2.28. The zero-order chi connectivity index (χ0) is 10.6. The lowest BCUT2D eigenvalue weighted by Gasteiger charge is -2.09. The third-order valence-electron chi connectivity index (χ3n) is 2.25. The van der Waals surface area contributed by atoms with E-state index in [0.29, 0.717) is 12.3 Å². The normalized spacial score (nSPS) is 10.5. The zero-order valence-electron chi connectivity index (χ0n) is 8.71. The van der Waals surface area contributed by atoms with Crippen LogP contribution in [0.1, 0.15) is 17.5 Å². The van der Waals surface area contributed by atoms with Crippen LogP contribution in [0.25, 0.3) is 0 Å². The van der Waals surface area contributed by atoms with E-state index >= 15 is 0 Å². The molecule has 0 aliphatic heterocycles. The van der Waals surface area contributed by atoms with Crippen LogP contribution in [0.15, 0.2) is 17.0 Å². The van der Waals surface area contributed by atoms with E-state index in [0.717, 1.165) is 18.4 Å². The van der Waals surface area contributed by atoms with Crippen molar-refractivity contribution < 1.29 is 5.11 Å². The van der Waals surface area contributed by atoms with Crippen LogP contribution in [0.2, 0.25) is 0 Å². The molecule has 1 aromatic carbocycles. The lowest BCUT2D eigenvalue weighted by atomic mass is 10.1. The molecule has 1 rings (SSSR count). The van der Waals surface area contributed by atoms with E-state index in [2.05, 4.69) is 6.26 Å². The van der Waals surface area contributed by atoms with E-state index in [1.165, 1.54) is 10.5 Å². The maximum atomic E-state index is 9.58. The first-order chi connectivity index (χ1) is 6.69. The molecule has 0 fully saturated rings. The second kappa shape index (κ2) is 5.27. The summed E-state index contributed by atoms with van der Waals surface area (Å²) < 4.78 is 0. The van der Waals surface area contributed by atoms with Gasteiger partial charge in [-0.1, -0.05) is 0 Å². The minimum Gasteiger partial charge on any atom is -0.508 e. The van der Waals surface area contributed by atoms with E-state index < -0.39 is 0 Å². The Morgan fingerprint density at radius 2 is 2.14 bits per heavy atom. The topological polar surface area (TPSA) is 46.2 Å². The molecular weight excluding hydrogens is 194 g/mol. The predicted octanol–water partition coefficient (Wildman–Crippen LogP) is 2.31. The number of nitrogens with two attached hydrogens (primary N) is 1. The van der Waals surface area contributed by atoms with Gasteiger partial charge in [0.05, 0.1) is 0 Å². The third-order valence-corrected chi connectivity index (χ3v) is 3.07. The highest BCUT2D eigenvalue weighted by Gasteiger charge is 2.05. The van der Waals surface area contributed by atoms with Gasteiger partial charge in [-0.15, -0.1) is 11.8 Å². The maximum Gasteiger partial charge on any atom is 0.118 e. The molecule has 0 aliphatic rings. The van der Waals surface area contributed by atoms with Crippen LogP contribution < -0.4 is 5.73 Å². The van der Waals surface area contributed by atoms with Crippen LogP contribution in [0.3, 0.4) is 0 Å². The summed E-state index contributed by atoms with van der Waals surface area (Å²) in [6.45, 7) is 2.62. The Morgan fingerprint density at radius 3 is 2.71 bits per heavy atom. The molecule has 0 spiro atoms. The number of aryl methyl sites for hydroxylation is 2. The van der Waals surface area contributed by atoms with Crippen LogP contribution in [0, 0.1) is 6.92 Å². The van der Waals surface area contributed by atoms with Gasteiger partial charge in [0, 0.05) is 4.90 Å². The average Bonchev–Trinajstić information content (AvgIpc) is 2.19. The van der Waals surface area contributed by atoms with Crippen molar-refractivity contribution in [1.29, 1.82) is 0 Å². The molecule has 0 unspecified atom stereocenters. The number of aromatic hydroxyl groups is 1. The Labute approximate surface area is 89.5 Å². The summed E-state index contributed by atoms with van der Waals surface area (Å²) in [4.78, 5) is 1.24. The van der Waals surface area contributed by atoms with Crippen LogP contribution in [0.4, 0.5) is 0 Å². The molecule has 3 N–H and O–H groups in total. The van der Waals surface area contributed by atoms with Gasteiger partial charge in [-0.2, -0.15) is 0 Å². The van der Waals surface area contributed by atoms with Gasteiger partial charge in [-0.05, 0) is 55.8 Å². The lowest BCUT2D eigenvalue weighted by molar-refractivity contribution is 0.469. The lowest BCUT2D eigenvalue weighted by Crippen LogP contribution is -2.01. The second-order valence-corrected chi connectivity index (χ2v) is 4.19. The van der Waals surface area contributed by atoms with Crippen molar-refractivity contribution in [2.45, 2.75) is 24.7 Å². The summed E-state index contributed by atoms with van der Waals surface area (Å²) in [7, 11) is 0. The van der Waals surface area contributed by atoms with Crippen LogP contribution in [-0.4, -0.2) is 17.9 Å². The fourth-order valence-electron chi connectivity index (χ4n) is 1.39. The van der Waals surface area contributed by atoms with Crippen molar-refractivity contribution in [1.82, 2.24) is 0 Å². The van der Waals surface area contributed by atoms with E-state index in [1.807, 2.05) is 19.1 Å². The number of phenols is 1. The molecule has 0 saturated heterocycles.